The van der Waals surface area contributed by atoms with Gasteiger partial charge in [-0.3, -0.25) is 92.0 Å². The van der Waals surface area contributed by atoms with Gasteiger partial charge < -0.3 is 101 Å². The Kier molecular flexibility index (Phi) is 36.9. The van der Waals surface area contributed by atoms with Crippen LogP contribution in [0.1, 0.15) is 54.9 Å². The minimum atomic E-state index is -1.89. The molecule has 3 fully saturated rings. The molecule has 4 aromatic carbocycles. The highest BCUT2D eigenvalue weighted by molar-refractivity contribution is 8.76. The number of rotatable bonds is 30. The third kappa shape index (κ3) is 32.4. The van der Waals surface area contributed by atoms with Gasteiger partial charge in [0.05, 0.1) is 38.7 Å². The maximum Gasteiger partial charge on any atom is 0.322 e. The topological polar surface area (TPSA) is 610 Å². The molecule has 0 spiro atoms. The number of halogens is 1. The number of imide groups is 1. The molecule has 117 heavy (non-hydrogen) atoms. The number of hydrogen-bond donors (Lipinski definition) is 20. The number of aromatic hydroxyl groups is 1. The van der Waals surface area contributed by atoms with Crippen LogP contribution >= 0.6 is 33.2 Å². The molecule has 15 amide bonds. The molecule has 0 bridgehead atoms. The summed E-state index contributed by atoms with van der Waals surface area (Å²) in [5.74, 6) is -15.5. The van der Waals surface area contributed by atoms with Crippen LogP contribution in [-0.4, -0.2) is 297 Å². The lowest BCUT2D eigenvalue weighted by molar-refractivity contribution is -0.140. The number of amides is 15. The predicted molar refractivity (Wildman–Crippen MR) is 427 cm³/mol. The Morgan fingerprint density at radius 2 is 0.983 bits per heavy atom. The quantitative estimate of drug-likeness (QED) is 0.0175. The van der Waals surface area contributed by atoms with E-state index >= 15 is 19.2 Å². The van der Waals surface area contributed by atoms with Crippen molar-refractivity contribution in [3.05, 3.63) is 124 Å². The Labute approximate surface area is 684 Å². The van der Waals surface area contributed by atoms with E-state index in [1.165, 1.54) is 94.7 Å². The fourth-order valence-corrected chi connectivity index (χ4v) is 15.0. The highest BCUT2D eigenvalue weighted by Gasteiger charge is 2.38. The van der Waals surface area contributed by atoms with Crippen molar-refractivity contribution < 1.29 is 102 Å². The van der Waals surface area contributed by atoms with Crippen LogP contribution in [0.5, 0.6) is 5.75 Å². The third-order valence-corrected chi connectivity index (χ3v) is 21.4. The zero-order chi connectivity index (χ0) is 85.4. The van der Waals surface area contributed by atoms with Gasteiger partial charge in [-0.1, -0.05) is 81.7 Å². The smallest absolute Gasteiger partial charge is 0.322 e. The number of aliphatic carboxylic acids is 3. The van der Waals surface area contributed by atoms with E-state index in [2.05, 4.69) is 58.5 Å². The molecular weight excluding hydrogens is 1590 g/mol. The molecule has 10 atom stereocenters. The number of nitrogens with one attached hydrogen (secondary N) is 12. The zero-order valence-corrected chi connectivity index (χ0v) is 66.1. The van der Waals surface area contributed by atoms with Gasteiger partial charge >= 0.3 is 30.0 Å². The third-order valence-electron chi connectivity index (χ3n) is 18.7. The monoisotopic (exact) mass is 1690 g/mol. The van der Waals surface area contributed by atoms with E-state index in [0.717, 1.165) is 28.5 Å². The standard InChI is InChI=1S/C74H98ClN19O21S2/c1-41(95)63-72(113)87-57(70(111)83-51(64(77)105)30-45-11-19-49(96)20-12-45)40-117-116-39-56(86-67(108)52(31-42-5-13-46(75)14-6-42)81-59(98)35-91-22-24-92(36-60(99)100)26-28-94(38-62(103)104)29-27-93(25-23-91)37-61(101)102)71(112)85-54(33-43-7-15-47(16-8-43)79-66(107)55-34-58(97)89-74(115)88-55)69(110)84-53(32-44-9-17-48(18-10-44)80-73(78)114)68(109)82-50(65(106)90-63)4-2-3-21-76/h5-20,41,50-57,63,95-96H,2-4,21-40,76H2,1H3,(H2,77,105)(H,79,107)(H,81,98)(H,82,109)(H,83,111)(H,84,110)(H,85,112)(H,86,108)(H,87,113)(H,90,106)(H,99,100)(H,101,102)(H,103,104)(H3,78,80,114)(H2,88,89,97,115)/t41-,50+,51-,52+,53-,54+,55?,56-,57+,63+/m1/s1. The van der Waals surface area contributed by atoms with Crippen LogP contribution in [0.3, 0.4) is 0 Å². The number of aliphatic hydroxyl groups excluding tert-OH is 1. The molecule has 0 aliphatic carbocycles. The molecule has 3 heterocycles. The van der Waals surface area contributed by atoms with Crippen LogP contribution in [0, 0.1) is 0 Å². The number of hydrogen-bond acceptors (Lipinski definition) is 25. The fourth-order valence-electron chi connectivity index (χ4n) is 12.5. The molecule has 0 aromatic heterocycles. The molecule has 634 valence electrons. The lowest BCUT2D eigenvalue weighted by Crippen LogP contribution is -2.62. The van der Waals surface area contributed by atoms with Crippen LogP contribution in [0.15, 0.2) is 97.1 Å². The van der Waals surface area contributed by atoms with Crippen molar-refractivity contribution in [1.29, 1.82) is 0 Å². The Morgan fingerprint density at radius 3 is 1.47 bits per heavy atom. The van der Waals surface area contributed by atoms with Crippen LogP contribution in [-0.2, 0) is 92.8 Å². The van der Waals surface area contributed by atoms with Gasteiger partial charge in [-0.2, -0.15) is 0 Å². The van der Waals surface area contributed by atoms with Gasteiger partial charge in [0.25, 0.3) is 0 Å². The van der Waals surface area contributed by atoms with Gasteiger partial charge in [0.15, 0.2) is 0 Å². The molecule has 4 aromatic rings. The van der Waals surface area contributed by atoms with Crippen molar-refractivity contribution in [3.63, 3.8) is 0 Å². The van der Waals surface area contributed by atoms with Crippen molar-refractivity contribution >= 4 is 140 Å². The Balaban J connectivity index is 1.32. The molecule has 3 aliphatic heterocycles. The van der Waals surface area contributed by atoms with Crippen molar-refractivity contribution in [1.82, 2.24) is 72.8 Å². The number of carbonyl (C=O) groups excluding carboxylic acids is 13. The van der Waals surface area contributed by atoms with Gasteiger partial charge in [-0.15, -0.1) is 0 Å². The van der Waals surface area contributed by atoms with Crippen LogP contribution in [0.4, 0.5) is 21.0 Å². The van der Waals surface area contributed by atoms with Crippen LogP contribution in [0.25, 0.3) is 0 Å². The maximum absolute atomic E-state index is 15.7. The Hall–Kier alpha value is -11.2. The second-order valence-corrected chi connectivity index (χ2v) is 31.0. The lowest BCUT2D eigenvalue weighted by Gasteiger charge is -2.33. The second kappa shape index (κ2) is 46.5. The molecule has 1 unspecified atom stereocenters. The van der Waals surface area contributed by atoms with E-state index in [1.54, 1.807) is 21.9 Å². The number of urea groups is 2. The summed E-state index contributed by atoms with van der Waals surface area (Å²) in [5, 5.41) is 81.6. The normalized spacial score (nSPS) is 21.2. The van der Waals surface area contributed by atoms with E-state index in [1.807, 2.05) is 5.32 Å². The van der Waals surface area contributed by atoms with E-state index in [0.29, 0.717) is 28.1 Å². The first-order valence-corrected chi connectivity index (χ1v) is 40.1. The van der Waals surface area contributed by atoms with Gasteiger partial charge in [-0.05, 0) is 104 Å². The lowest BCUT2D eigenvalue weighted by atomic mass is 10.0. The second-order valence-electron chi connectivity index (χ2n) is 28.0. The summed E-state index contributed by atoms with van der Waals surface area (Å²) in [6.07, 6.45) is -3.17. The number of aliphatic hydroxyl groups is 1. The number of phenols is 1. The van der Waals surface area contributed by atoms with Crippen molar-refractivity contribution in [2.75, 3.05) is 107 Å². The summed E-state index contributed by atoms with van der Waals surface area (Å²) >= 11 is 6.32. The molecule has 23 N–H and O–H groups in total. The van der Waals surface area contributed by atoms with Crippen LogP contribution < -0.4 is 81.0 Å². The number of carbonyl (C=O) groups is 16. The minimum Gasteiger partial charge on any atom is -0.508 e. The van der Waals surface area contributed by atoms with E-state index in [4.69, 9.17) is 28.8 Å². The van der Waals surface area contributed by atoms with Gasteiger partial charge in [-0.25, -0.2) is 9.59 Å². The number of unbranched alkanes of at least 4 members (excludes halogenated alkanes) is 1. The number of nitrogens with zero attached hydrogens (tertiary/aromatic N) is 4. The molecular formula is C74H98ClN19O21S2. The van der Waals surface area contributed by atoms with E-state index < -0.39 is 200 Å². The van der Waals surface area contributed by atoms with E-state index in [9.17, 15) is 83.1 Å². The summed E-state index contributed by atoms with van der Waals surface area (Å²) in [7, 11) is 1.63. The van der Waals surface area contributed by atoms with Gasteiger partial charge in [0.2, 0.25) is 65.0 Å². The van der Waals surface area contributed by atoms with Crippen molar-refractivity contribution in [2.24, 2.45) is 17.2 Å². The first-order valence-electron chi connectivity index (χ1n) is 37.2. The van der Waals surface area contributed by atoms with Gasteiger partial charge in [0.1, 0.15) is 60.1 Å². The maximum atomic E-state index is 15.7. The molecule has 43 heteroatoms. The largest absolute Gasteiger partial charge is 0.508 e. The van der Waals surface area contributed by atoms with Gasteiger partial charge in [0, 0.05) is 106 Å². The number of benzene rings is 4. The van der Waals surface area contributed by atoms with Crippen molar-refractivity contribution in [3.8, 4) is 5.75 Å². The zero-order valence-electron chi connectivity index (χ0n) is 63.8. The molecule has 40 nitrogen and oxygen atoms in total. The number of carboxylic acids is 3. The number of nitrogens with two attached hydrogens (primary N) is 3. The number of primary amides is 2. The Morgan fingerprint density at radius 1 is 0.521 bits per heavy atom. The highest BCUT2D eigenvalue weighted by Crippen LogP contribution is 2.25. The summed E-state index contributed by atoms with van der Waals surface area (Å²) in [5.41, 5.74) is 18.9. The number of anilines is 2. The van der Waals surface area contributed by atoms with Crippen molar-refractivity contribution in [2.45, 2.75) is 119 Å². The summed E-state index contributed by atoms with van der Waals surface area (Å²) in [6.45, 7) is -0.313. The molecule has 7 rings (SSSR count). The molecule has 0 saturated carbocycles. The Bertz CT molecular complexity index is 4130. The predicted octanol–water partition coefficient (Wildman–Crippen LogP) is -3.91. The average molecular weight is 1690 g/mol. The van der Waals surface area contributed by atoms with E-state index in [-0.39, 0.29) is 120 Å². The summed E-state index contributed by atoms with van der Waals surface area (Å²) in [6, 6.07) is 6.70. The first-order chi connectivity index (χ1) is 55.6. The van der Waals surface area contributed by atoms with Crippen LogP contribution in [0.2, 0.25) is 5.02 Å². The summed E-state index contributed by atoms with van der Waals surface area (Å²) < 4.78 is 0. The fraction of sp³-hybridized carbons (Fsp3) is 0.459. The molecule has 3 saturated heterocycles. The minimum absolute atomic E-state index is 0.0103. The highest BCUT2D eigenvalue weighted by atomic mass is 35.5. The summed E-state index contributed by atoms with van der Waals surface area (Å²) in [4.78, 5) is 225. The average Bonchev–Trinajstić information content (AvgIpc) is 0.774. The first kappa shape index (κ1) is 92.9. The number of phenolic OH excluding ortho intramolecular Hbond substituents is 1. The SMILES string of the molecule is C[C@@H](O)[C@@H]1NC(=O)[C@H](CCCCN)NC(=O)[C@@H](Cc2ccc(NC(N)=O)cc2)NC(=O)[C@H](Cc2ccc(NC(=O)C3CC(=O)NC(=O)N3)cc2)NC(=O)[C@H](NC(=O)[C@H](Cc2ccc(Cl)cc2)NC(=O)CN2CCN(CC(=O)O)CCN(CC(=O)O)CCN(CC(=O)O)CC2)CSSC[C@@H](C(=O)N[C@H](Cc2ccc(O)cc2)C(N)=O)NC1=O. The molecule has 0 radical (unpaired) electrons. The molecule has 3 aliphatic rings. The number of carboxylic acid groups (broad SMARTS) is 3.